The molecule has 28 heavy (non-hydrogen) atoms. The second-order valence-electron chi connectivity index (χ2n) is 7.25. The Labute approximate surface area is 160 Å². The van der Waals surface area contributed by atoms with Crippen molar-refractivity contribution in [3.8, 4) is 0 Å². The highest BCUT2D eigenvalue weighted by atomic mass is 19.2. The van der Waals surface area contributed by atoms with Crippen LogP contribution in [-0.4, -0.2) is 26.1 Å². The Morgan fingerprint density at radius 3 is 2.71 bits per heavy atom. The van der Waals surface area contributed by atoms with Gasteiger partial charge in [0, 0.05) is 12.2 Å². The molecule has 0 spiro atoms. The molecule has 4 aromatic rings. The zero-order valence-corrected chi connectivity index (χ0v) is 15.7. The summed E-state index contributed by atoms with van der Waals surface area (Å²) in [5.74, 6) is -0.435. The van der Waals surface area contributed by atoms with Crippen molar-refractivity contribution in [2.24, 2.45) is 0 Å². The van der Waals surface area contributed by atoms with Crippen LogP contribution in [0.5, 0.6) is 0 Å². The second-order valence-corrected chi connectivity index (χ2v) is 7.25. The fourth-order valence-electron chi connectivity index (χ4n) is 4.17. The van der Waals surface area contributed by atoms with Crippen LogP contribution in [0.3, 0.4) is 0 Å². The number of halogens is 2. The summed E-state index contributed by atoms with van der Waals surface area (Å²) in [4.78, 5) is 6.63. The highest BCUT2D eigenvalue weighted by Gasteiger charge is 2.25. The van der Waals surface area contributed by atoms with Gasteiger partial charge in [-0.2, -0.15) is 4.98 Å². The largest absolute Gasteiger partial charge is 0.325 e. The van der Waals surface area contributed by atoms with Crippen molar-refractivity contribution in [1.29, 1.82) is 0 Å². The lowest BCUT2D eigenvalue weighted by atomic mass is 10.0. The van der Waals surface area contributed by atoms with E-state index in [0.717, 1.165) is 31.0 Å². The van der Waals surface area contributed by atoms with Crippen molar-refractivity contribution in [3.63, 3.8) is 0 Å². The summed E-state index contributed by atoms with van der Waals surface area (Å²) in [6.07, 6.45) is 2.93. The van der Waals surface area contributed by atoms with Crippen molar-refractivity contribution in [3.05, 3.63) is 58.9 Å². The summed E-state index contributed by atoms with van der Waals surface area (Å²) in [6.45, 7) is 4.53. The molecule has 7 heteroatoms. The Bertz CT molecular complexity index is 1230. The van der Waals surface area contributed by atoms with Crippen LogP contribution < -0.4 is 4.90 Å². The quantitative estimate of drug-likeness (QED) is 0.483. The number of hydrogen-bond acceptors (Lipinski definition) is 4. The van der Waals surface area contributed by atoms with Gasteiger partial charge in [-0.15, -0.1) is 10.2 Å². The van der Waals surface area contributed by atoms with Gasteiger partial charge in [0.25, 0.3) is 5.78 Å². The lowest BCUT2D eigenvalue weighted by molar-refractivity contribution is 0.516. The number of aromatic nitrogens is 4. The lowest BCUT2D eigenvalue weighted by Crippen LogP contribution is -2.21. The molecule has 5 nitrogen and oxygen atoms in total. The van der Waals surface area contributed by atoms with Crippen molar-refractivity contribution < 1.29 is 8.78 Å². The summed E-state index contributed by atoms with van der Waals surface area (Å²) < 4.78 is 30.9. The van der Waals surface area contributed by atoms with E-state index in [9.17, 15) is 4.39 Å². The number of fused-ring (bicyclic) bond motifs is 4. The maximum atomic E-state index is 15.0. The fraction of sp³-hybridized carbons (Fsp3) is 0.286. The number of rotatable bonds is 1. The molecule has 0 N–H and O–H groups in total. The third-order valence-electron chi connectivity index (χ3n) is 5.54. The molecular weight excluding hydrogens is 360 g/mol. The monoisotopic (exact) mass is 379 g/mol. The second kappa shape index (κ2) is 6.22. The molecule has 1 aliphatic rings. The summed E-state index contributed by atoms with van der Waals surface area (Å²) in [5, 5.41) is 8.37. The van der Waals surface area contributed by atoms with Gasteiger partial charge in [0.15, 0.2) is 11.6 Å². The minimum atomic E-state index is -0.895. The first kappa shape index (κ1) is 17.0. The van der Waals surface area contributed by atoms with Gasteiger partial charge in [-0.1, -0.05) is 12.1 Å². The molecular formula is C21H19F2N5. The van der Waals surface area contributed by atoms with E-state index in [0.29, 0.717) is 29.5 Å². The number of nitrogens with zero attached hydrogens (tertiary/aromatic N) is 5. The van der Waals surface area contributed by atoms with Crippen molar-refractivity contribution in [2.45, 2.75) is 33.1 Å². The maximum absolute atomic E-state index is 15.0. The minimum absolute atomic E-state index is 0.157. The highest BCUT2D eigenvalue weighted by molar-refractivity contribution is 5.94. The first-order chi connectivity index (χ1) is 13.6. The van der Waals surface area contributed by atoms with Crippen molar-refractivity contribution in [1.82, 2.24) is 19.6 Å². The van der Waals surface area contributed by atoms with Gasteiger partial charge in [0.2, 0.25) is 0 Å². The van der Waals surface area contributed by atoms with E-state index in [1.165, 1.54) is 11.1 Å². The molecule has 2 aromatic carbocycles. The van der Waals surface area contributed by atoms with Gasteiger partial charge in [-0.3, -0.25) is 4.40 Å². The van der Waals surface area contributed by atoms with E-state index in [1.54, 1.807) is 17.4 Å². The molecule has 5 rings (SSSR count). The number of anilines is 2. The van der Waals surface area contributed by atoms with Gasteiger partial charge >= 0.3 is 0 Å². The highest BCUT2D eigenvalue weighted by Crippen LogP contribution is 2.38. The van der Waals surface area contributed by atoms with Gasteiger partial charge in [0.05, 0.1) is 10.9 Å². The van der Waals surface area contributed by atoms with Crippen LogP contribution >= 0.6 is 0 Å². The van der Waals surface area contributed by atoms with E-state index in [2.05, 4.69) is 28.2 Å². The van der Waals surface area contributed by atoms with Crippen LogP contribution in [0.2, 0.25) is 0 Å². The maximum Gasteiger partial charge on any atom is 0.257 e. The molecule has 0 saturated carbocycles. The van der Waals surface area contributed by atoms with Gasteiger partial charge in [-0.25, -0.2) is 8.78 Å². The Morgan fingerprint density at radius 1 is 1.00 bits per heavy atom. The van der Waals surface area contributed by atoms with E-state index in [-0.39, 0.29) is 5.39 Å². The zero-order chi connectivity index (χ0) is 19.4. The van der Waals surface area contributed by atoms with Crippen LogP contribution in [-0.2, 0) is 6.42 Å². The molecule has 3 heterocycles. The van der Waals surface area contributed by atoms with E-state index in [1.807, 2.05) is 17.0 Å². The molecule has 0 amide bonds. The molecule has 1 aliphatic heterocycles. The Kier molecular flexibility index (Phi) is 3.79. The average Bonchev–Trinajstić information content (AvgIpc) is 2.92. The first-order valence-corrected chi connectivity index (χ1v) is 9.41. The smallest absolute Gasteiger partial charge is 0.257 e. The third-order valence-corrected chi connectivity index (χ3v) is 5.54. The summed E-state index contributed by atoms with van der Waals surface area (Å²) in [7, 11) is 0. The Balaban J connectivity index is 1.89. The molecule has 0 atom stereocenters. The summed E-state index contributed by atoms with van der Waals surface area (Å²) in [6, 6.07) is 8.81. The van der Waals surface area contributed by atoms with E-state index < -0.39 is 11.6 Å². The summed E-state index contributed by atoms with van der Waals surface area (Å²) in [5.41, 5.74) is 3.93. The Morgan fingerprint density at radius 2 is 1.86 bits per heavy atom. The normalized spacial score (nSPS) is 14.5. The predicted molar refractivity (Wildman–Crippen MR) is 104 cm³/mol. The van der Waals surface area contributed by atoms with Crippen molar-refractivity contribution in [2.75, 3.05) is 11.4 Å². The fourth-order valence-corrected chi connectivity index (χ4v) is 4.17. The van der Waals surface area contributed by atoms with E-state index >= 15 is 4.39 Å². The van der Waals surface area contributed by atoms with E-state index in [4.69, 9.17) is 0 Å². The van der Waals surface area contributed by atoms with Gasteiger partial charge in [-0.05, 0) is 62.4 Å². The molecule has 0 bridgehead atoms. The van der Waals surface area contributed by atoms with Crippen LogP contribution in [0, 0.1) is 25.5 Å². The molecule has 0 radical (unpaired) electrons. The van der Waals surface area contributed by atoms with Gasteiger partial charge in [0.1, 0.15) is 11.6 Å². The average molecular weight is 379 g/mol. The minimum Gasteiger partial charge on any atom is -0.325 e. The SMILES string of the molecule is Cc1cccc2c1CCCCN2c1nc2nnc(C)n2c2ccc(F)c(F)c12. The van der Waals surface area contributed by atoms with Crippen LogP contribution in [0.4, 0.5) is 20.3 Å². The summed E-state index contributed by atoms with van der Waals surface area (Å²) >= 11 is 0. The number of benzene rings is 2. The van der Waals surface area contributed by atoms with Crippen molar-refractivity contribution >= 4 is 28.2 Å². The molecule has 2 aromatic heterocycles. The molecule has 142 valence electrons. The molecule has 0 aliphatic carbocycles. The predicted octanol–water partition coefficient (Wildman–Crippen LogP) is 4.65. The molecule has 0 saturated heterocycles. The Hall–Kier alpha value is -3.09. The van der Waals surface area contributed by atoms with Crippen LogP contribution in [0.25, 0.3) is 16.7 Å². The number of hydrogen-bond donors (Lipinski definition) is 0. The van der Waals surface area contributed by atoms with Gasteiger partial charge < -0.3 is 4.90 Å². The number of aryl methyl sites for hydroxylation is 2. The zero-order valence-electron chi connectivity index (χ0n) is 15.7. The third kappa shape index (κ3) is 2.38. The lowest BCUT2D eigenvalue weighted by Gasteiger charge is -2.26. The van der Waals surface area contributed by atoms with Crippen LogP contribution in [0.1, 0.15) is 29.8 Å². The van der Waals surface area contributed by atoms with Crippen LogP contribution in [0.15, 0.2) is 30.3 Å². The molecule has 0 fully saturated rings. The molecule has 0 unspecified atom stereocenters. The topological polar surface area (TPSA) is 46.3 Å². The first-order valence-electron chi connectivity index (χ1n) is 9.41. The standard InChI is InChI=1S/C21H19F2N5/c1-12-6-5-8-16-14(12)7-3-4-11-27(16)20-18-17(10-9-15(22)19(18)23)28-13(2)25-26-21(28)24-20/h5-6,8-10H,3-4,7,11H2,1-2H3.